The minimum absolute atomic E-state index is 0.109. The predicted octanol–water partition coefficient (Wildman–Crippen LogP) is 2.54. The summed E-state index contributed by atoms with van der Waals surface area (Å²) in [6.45, 7) is 7.24. The Hall–Kier alpha value is -1.42. The second kappa shape index (κ2) is 6.50. The fraction of sp³-hybridized carbons (Fsp3) is 0.571. The van der Waals surface area contributed by atoms with Crippen molar-refractivity contribution < 1.29 is 9.53 Å². The van der Waals surface area contributed by atoms with Crippen molar-refractivity contribution in [2.75, 3.05) is 7.11 Å². The third-order valence-corrected chi connectivity index (χ3v) is 2.87. The summed E-state index contributed by atoms with van der Waals surface area (Å²) in [7, 11) is 1.37. The van der Waals surface area contributed by atoms with Gasteiger partial charge in [0, 0.05) is 18.3 Å². The molecule has 1 N–H and O–H groups in total. The van der Waals surface area contributed by atoms with Crippen LogP contribution in [0.4, 0.5) is 0 Å². The van der Waals surface area contributed by atoms with Gasteiger partial charge in [-0.1, -0.05) is 13.3 Å². The third kappa shape index (κ3) is 4.45. The summed E-state index contributed by atoms with van der Waals surface area (Å²) >= 11 is 0. The van der Waals surface area contributed by atoms with E-state index in [0.29, 0.717) is 12.1 Å². The summed E-state index contributed by atoms with van der Waals surface area (Å²) in [6, 6.07) is 3.59. The van der Waals surface area contributed by atoms with Crippen LogP contribution in [0.1, 0.15) is 49.7 Å². The van der Waals surface area contributed by atoms with E-state index in [1.54, 1.807) is 12.3 Å². The number of esters is 1. The minimum Gasteiger partial charge on any atom is -0.465 e. The van der Waals surface area contributed by atoms with E-state index in [2.05, 4.69) is 35.8 Å². The maximum absolute atomic E-state index is 11.2. The molecule has 0 aliphatic carbocycles. The number of ether oxygens (including phenoxy) is 1. The first-order valence-electron chi connectivity index (χ1n) is 6.27. The van der Waals surface area contributed by atoms with Gasteiger partial charge in [0.05, 0.1) is 18.4 Å². The van der Waals surface area contributed by atoms with Crippen LogP contribution in [0, 0.1) is 0 Å². The topological polar surface area (TPSA) is 51.2 Å². The second-order valence-electron chi connectivity index (χ2n) is 5.02. The molecule has 0 saturated carbocycles. The van der Waals surface area contributed by atoms with Gasteiger partial charge in [-0.05, 0) is 32.4 Å². The first-order chi connectivity index (χ1) is 8.48. The Morgan fingerprint density at radius 3 is 2.67 bits per heavy atom. The van der Waals surface area contributed by atoms with Crippen molar-refractivity contribution in [2.24, 2.45) is 0 Å². The van der Waals surface area contributed by atoms with Gasteiger partial charge >= 0.3 is 5.97 Å². The number of nitrogens with zero attached hydrogens (tertiary/aromatic N) is 1. The average molecular weight is 250 g/mol. The number of nitrogens with one attached hydrogen (secondary N) is 1. The SMILES string of the molecule is CCCC(C)(C)NCc1ccc(C(=O)OC)cn1. The van der Waals surface area contributed by atoms with E-state index in [0.717, 1.165) is 18.5 Å². The Balaban J connectivity index is 2.56. The normalized spacial score (nSPS) is 11.3. The fourth-order valence-corrected chi connectivity index (χ4v) is 1.81. The van der Waals surface area contributed by atoms with Gasteiger partial charge in [-0.25, -0.2) is 4.79 Å². The highest BCUT2D eigenvalue weighted by molar-refractivity contribution is 5.88. The molecule has 0 saturated heterocycles. The van der Waals surface area contributed by atoms with Gasteiger partial charge in [0.15, 0.2) is 0 Å². The number of aromatic nitrogens is 1. The maximum Gasteiger partial charge on any atom is 0.339 e. The van der Waals surface area contributed by atoms with Gasteiger partial charge in [-0.3, -0.25) is 4.98 Å². The number of carbonyl (C=O) groups is 1. The summed E-state index contributed by atoms with van der Waals surface area (Å²) in [5.41, 5.74) is 1.51. The highest BCUT2D eigenvalue weighted by atomic mass is 16.5. The van der Waals surface area contributed by atoms with Crippen molar-refractivity contribution in [2.45, 2.75) is 45.7 Å². The molecular weight excluding hydrogens is 228 g/mol. The van der Waals surface area contributed by atoms with Crippen molar-refractivity contribution in [3.05, 3.63) is 29.6 Å². The van der Waals surface area contributed by atoms with Gasteiger partial charge in [-0.15, -0.1) is 0 Å². The van der Waals surface area contributed by atoms with Crippen LogP contribution in [-0.2, 0) is 11.3 Å². The smallest absolute Gasteiger partial charge is 0.339 e. The largest absolute Gasteiger partial charge is 0.465 e. The van der Waals surface area contributed by atoms with Gasteiger partial charge < -0.3 is 10.1 Å². The molecule has 18 heavy (non-hydrogen) atoms. The molecule has 0 atom stereocenters. The van der Waals surface area contributed by atoms with E-state index >= 15 is 0 Å². The zero-order chi connectivity index (χ0) is 13.6. The summed E-state index contributed by atoms with van der Waals surface area (Å²) in [5.74, 6) is -0.353. The van der Waals surface area contributed by atoms with E-state index in [4.69, 9.17) is 0 Å². The summed E-state index contributed by atoms with van der Waals surface area (Å²) in [6.07, 6.45) is 3.82. The van der Waals surface area contributed by atoms with E-state index in [1.165, 1.54) is 7.11 Å². The van der Waals surface area contributed by atoms with Crippen LogP contribution in [0.5, 0.6) is 0 Å². The Morgan fingerprint density at radius 1 is 1.44 bits per heavy atom. The lowest BCUT2D eigenvalue weighted by molar-refractivity contribution is 0.0600. The maximum atomic E-state index is 11.2. The van der Waals surface area contributed by atoms with E-state index in [-0.39, 0.29) is 11.5 Å². The second-order valence-corrected chi connectivity index (χ2v) is 5.02. The van der Waals surface area contributed by atoms with Crippen molar-refractivity contribution in [3.8, 4) is 0 Å². The first-order valence-corrected chi connectivity index (χ1v) is 6.27. The molecule has 0 spiro atoms. The number of hydrogen-bond acceptors (Lipinski definition) is 4. The van der Waals surface area contributed by atoms with E-state index in [1.807, 2.05) is 6.07 Å². The monoisotopic (exact) mass is 250 g/mol. The highest BCUT2D eigenvalue weighted by Gasteiger charge is 2.15. The Bertz CT molecular complexity index is 385. The fourth-order valence-electron chi connectivity index (χ4n) is 1.81. The molecule has 0 aromatic carbocycles. The quantitative estimate of drug-likeness (QED) is 0.788. The predicted molar refractivity (Wildman–Crippen MR) is 71.4 cm³/mol. The molecule has 0 fully saturated rings. The van der Waals surface area contributed by atoms with Gasteiger partial charge in [-0.2, -0.15) is 0 Å². The third-order valence-electron chi connectivity index (χ3n) is 2.87. The average Bonchev–Trinajstić information content (AvgIpc) is 2.36. The van der Waals surface area contributed by atoms with Crippen LogP contribution in [0.15, 0.2) is 18.3 Å². The number of pyridine rings is 1. The molecule has 0 bridgehead atoms. The lowest BCUT2D eigenvalue weighted by Crippen LogP contribution is -2.38. The van der Waals surface area contributed by atoms with Gasteiger partial charge in [0.1, 0.15) is 0 Å². The molecular formula is C14H22N2O2. The molecule has 4 heteroatoms. The van der Waals surface area contributed by atoms with Crippen LogP contribution in [-0.4, -0.2) is 23.6 Å². The standard InChI is InChI=1S/C14H22N2O2/c1-5-8-14(2,3)16-10-12-7-6-11(9-15-12)13(17)18-4/h6-7,9,16H,5,8,10H2,1-4H3. The minimum atomic E-state index is -0.353. The van der Waals surface area contributed by atoms with Crippen LogP contribution in [0.25, 0.3) is 0 Å². The molecule has 100 valence electrons. The highest BCUT2D eigenvalue weighted by Crippen LogP contribution is 2.11. The lowest BCUT2D eigenvalue weighted by Gasteiger charge is -2.25. The summed E-state index contributed by atoms with van der Waals surface area (Å²) < 4.78 is 4.63. The number of carbonyl (C=O) groups excluding carboxylic acids is 1. The van der Waals surface area contributed by atoms with Gasteiger partial charge in [0.25, 0.3) is 0 Å². The number of methoxy groups -OCH3 is 1. The first kappa shape index (κ1) is 14.6. The van der Waals surface area contributed by atoms with E-state index < -0.39 is 0 Å². The number of rotatable bonds is 6. The van der Waals surface area contributed by atoms with Gasteiger partial charge in [0.2, 0.25) is 0 Å². The molecule has 0 aliphatic rings. The van der Waals surface area contributed by atoms with Crippen molar-refractivity contribution in [1.29, 1.82) is 0 Å². The lowest BCUT2D eigenvalue weighted by atomic mass is 9.99. The number of hydrogen-bond donors (Lipinski definition) is 1. The Morgan fingerprint density at radius 2 is 2.17 bits per heavy atom. The van der Waals surface area contributed by atoms with Crippen LogP contribution >= 0.6 is 0 Å². The van der Waals surface area contributed by atoms with Crippen LogP contribution in [0.3, 0.4) is 0 Å². The molecule has 0 radical (unpaired) electrons. The van der Waals surface area contributed by atoms with Crippen LogP contribution in [0.2, 0.25) is 0 Å². The molecule has 0 aliphatic heterocycles. The summed E-state index contributed by atoms with van der Waals surface area (Å²) in [4.78, 5) is 15.5. The van der Waals surface area contributed by atoms with Crippen LogP contribution < -0.4 is 5.32 Å². The zero-order valence-electron chi connectivity index (χ0n) is 11.6. The molecule has 0 amide bonds. The molecule has 1 rings (SSSR count). The zero-order valence-corrected chi connectivity index (χ0v) is 11.6. The molecule has 1 aromatic rings. The Labute approximate surface area is 109 Å². The molecule has 0 unspecified atom stereocenters. The molecule has 1 aromatic heterocycles. The van der Waals surface area contributed by atoms with E-state index in [9.17, 15) is 4.79 Å². The van der Waals surface area contributed by atoms with Crippen molar-refractivity contribution in [1.82, 2.24) is 10.3 Å². The molecule has 1 heterocycles. The summed E-state index contributed by atoms with van der Waals surface area (Å²) in [5, 5.41) is 3.46. The molecule has 4 nitrogen and oxygen atoms in total. The Kier molecular flexibility index (Phi) is 5.28. The van der Waals surface area contributed by atoms with Crippen molar-refractivity contribution >= 4 is 5.97 Å². The van der Waals surface area contributed by atoms with Crippen molar-refractivity contribution in [3.63, 3.8) is 0 Å².